The zero-order valence-corrected chi connectivity index (χ0v) is 19.5. The van der Waals surface area contributed by atoms with E-state index < -0.39 is 0 Å². The first-order valence-electron chi connectivity index (χ1n) is 11.8. The van der Waals surface area contributed by atoms with Crippen LogP contribution in [0.15, 0.2) is 78.9 Å². The molecule has 4 rings (SSSR count). The normalized spacial score (nSPS) is 15.4. The summed E-state index contributed by atoms with van der Waals surface area (Å²) < 4.78 is 5.65. The monoisotopic (exact) mass is 457 g/mol. The highest BCUT2D eigenvalue weighted by Gasteiger charge is 2.25. The van der Waals surface area contributed by atoms with Crippen molar-refractivity contribution in [2.24, 2.45) is 0 Å². The van der Waals surface area contributed by atoms with Gasteiger partial charge in [-0.2, -0.15) is 0 Å². The second-order valence-corrected chi connectivity index (χ2v) is 8.43. The van der Waals surface area contributed by atoms with Crippen LogP contribution >= 0.6 is 0 Å². The number of carbonyl (C=O) groups is 2. The van der Waals surface area contributed by atoms with Crippen molar-refractivity contribution in [3.8, 4) is 5.75 Å². The fourth-order valence-corrected chi connectivity index (χ4v) is 4.32. The average molecular weight is 458 g/mol. The first kappa shape index (κ1) is 23.4. The van der Waals surface area contributed by atoms with Gasteiger partial charge < -0.3 is 20.3 Å². The summed E-state index contributed by atoms with van der Waals surface area (Å²) in [5, 5.41) is 5.98. The van der Waals surface area contributed by atoms with Gasteiger partial charge in [0.2, 0.25) is 0 Å². The van der Waals surface area contributed by atoms with Crippen LogP contribution in [0.3, 0.4) is 0 Å². The number of nitrogens with one attached hydrogen (secondary N) is 2. The van der Waals surface area contributed by atoms with Gasteiger partial charge in [-0.05, 0) is 55.7 Å². The summed E-state index contributed by atoms with van der Waals surface area (Å²) in [6, 6.07) is 24.9. The Hall–Kier alpha value is -3.80. The molecule has 0 spiro atoms. The number of urea groups is 1. The number of hydrogen-bond acceptors (Lipinski definition) is 3. The van der Waals surface area contributed by atoms with E-state index in [9.17, 15) is 9.59 Å². The number of ether oxygens (including phenoxy) is 1. The molecule has 0 aliphatic carbocycles. The molecule has 0 unspecified atom stereocenters. The van der Waals surface area contributed by atoms with E-state index in [0.717, 1.165) is 42.0 Å². The first-order valence-corrected chi connectivity index (χ1v) is 11.8. The summed E-state index contributed by atoms with van der Waals surface area (Å²) in [4.78, 5) is 27.5. The van der Waals surface area contributed by atoms with Crippen LogP contribution in [0, 0.1) is 0 Å². The molecule has 1 aliphatic rings. The van der Waals surface area contributed by atoms with Crippen LogP contribution in [-0.2, 0) is 6.54 Å². The highest BCUT2D eigenvalue weighted by molar-refractivity contribution is 5.94. The minimum absolute atomic E-state index is 0.0854. The van der Waals surface area contributed by atoms with Crippen molar-refractivity contribution in [3.63, 3.8) is 0 Å². The van der Waals surface area contributed by atoms with Crippen LogP contribution in [-0.4, -0.2) is 36.5 Å². The van der Waals surface area contributed by atoms with Crippen molar-refractivity contribution in [1.82, 2.24) is 10.2 Å². The van der Waals surface area contributed by atoms with Gasteiger partial charge in [0, 0.05) is 42.4 Å². The van der Waals surface area contributed by atoms with Crippen LogP contribution in [0.4, 0.5) is 10.5 Å². The van der Waals surface area contributed by atoms with E-state index in [4.69, 9.17) is 4.74 Å². The molecule has 1 fully saturated rings. The summed E-state index contributed by atoms with van der Waals surface area (Å²) >= 11 is 0. The molecular formula is C28H31N3O3. The fraction of sp³-hybridized carbons (Fsp3) is 0.286. The number of amides is 3. The molecule has 1 aliphatic heterocycles. The van der Waals surface area contributed by atoms with Crippen molar-refractivity contribution in [3.05, 3.63) is 95.6 Å². The molecule has 1 saturated heterocycles. The second-order valence-electron chi connectivity index (χ2n) is 8.43. The maximum Gasteiger partial charge on any atom is 0.321 e. The molecule has 0 saturated carbocycles. The Morgan fingerprint density at radius 2 is 1.79 bits per heavy atom. The van der Waals surface area contributed by atoms with Crippen molar-refractivity contribution in [2.75, 3.05) is 25.0 Å². The Morgan fingerprint density at radius 1 is 1.00 bits per heavy atom. The maximum atomic E-state index is 12.9. The number of anilines is 1. The minimum atomic E-state index is -0.123. The summed E-state index contributed by atoms with van der Waals surface area (Å²) in [5.74, 6) is 0.861. The molecule has 6 heteroatoms. The Bertz CT molecular complexity index is 1120. The first-order chi connectivity index (χ1) is 16.6. The van der Waals surface area contributed by atoms with Crippen LogP contribution in [0.25, 0.3) is 0 Å². The Balaban J connectivity index is 1.38. The molecule has 1 atom stereocenters. The van der Waals surface area contributed by atoms with Crippen LogP contribution < -0.4 is 15.4 Å². The lowest BCUT2D eigenvalue weighted by Crippen LogP contribution is -2.41. The molecule has 6 nitrogen and oxygen atoms in total. The maximum absolute atomic E-state index is 12.9. The van der Waals surface area contributed by atoms with E-state index >= 15 is 0 Å². The number of piperidine rings is 1. The van der Waals surface area contributed by atoms with Gasteiger partial charge in [0.25, 0.3) is 5.91 Å². The molecule has 3 aromatic rings. The number of benzene rings is 3. The quantitative estimate of drug-likeness (QED) is 0.497. The van der Waals surface area contributed by atoms with E-state index in [2.05, 4.69) is 10.6 Å². The minimum Gasteiger partial charge on any atom is -0.494 e. The molecule has 0 radical (unpaired) electrons. The van der Waals surface area contributed by atoms with Crippen LogP contribution in [0.2, 0.25) is 0 Å². The lowest BCUT2D eigenvalue weighted by atomic mass is 9.89. The zero-order valence-electron chi connectivity index (χ0n) is 19.5. The Labute approximate surface area is 200 Å². The summed E-state index contributed by atoms with van der Waals surface area (Å²) in [7, 11) is 0. The molecule has 2 N–H and O–H groups in total. The van der Waals surface area contributed by atoms with Gasteiger partial charge in [0.05, 0.1) is 6.61 Å². The lowest BCUT2D eigenvalue weighted by Gasteiger charge is -2.33. The van der Waals surface area contributed by atoms with E-state index in [1.807, 2.05) is 90.7 Å². The zero-order chi connectivity index (χ0) is 23.8. The second kappa shape index (κ2) is 11.4. The number of likely N-dealkylation sites (tertiary alicyclic amines) is 1. The van der Waals surface area contributed by atoms with Crippen LogP contribution in [0.5, 0.6) is 5.75 Å². The summed E-state index contributed by atoms with van der Waals surface area (Å²) in [5.41, 5.74) is 3.44. The average Bonchev–Trinajstić information content (AvgIpc) is 2.89. The van der Waals surface area contributed by atoms with Crippen molar-refractivity contribution >= 4 is 17.6 Å². The summed E-state index contributed by atoms with van der Waals surface area (Å²) in [6.07, 6.45) is 1.92. The predicted molar refractivity (Wildman–Crippen MR) is 134 cm³/mol. The predicted octanol–water partition coefficient (Wildman–Crippen LogP) is 5.43. The van der Waals surface area contributed by atoms with Gasteiger partial charge in [-0.15, -0.1) is 0 Å². The molecule has 1 heterocycles. The van der Waals surface area contributed by atoms with E-state index in [1.165, 1.54) is 0 Å². The van der Waals surface area contributed by atoms with E-state index in [-0.39, 0.29) is 17.9 Å². The number of nitrogens with zero attached hydrogens (tertiary/aromatic N) is 1. The standard InChI is InChI=1S/C28H31N3O3/c1-2-34-26-16-7-6-10-23(26)19-29-27(32)22-12-8-11-21(18-22)24-13-9-17-31(20-24)28(33)30-25-14-4-3-5-15-25/h3-8,10-12,14-16,18,24H,2,9,13,17,19-20H2,1H3,(H,29,32)(H,30,33)/t24-/m0/s1. The van der Waals surface area contributed by atoms with Gasteiger partial charge in [0.15, 0.2) is 0 Å². The number of para-hydroxylation sites is 2. The summed E-state index contributed by atoms with van der Waals surface area (Å²) in [6.45, 7) is 4.28. The molecule has 34 heavy (non-hydrogen) atoms. The molecule has 3 amide bonds. The van der Waals surface area contributed by atoms with Crippen molar-refractivity contribution < 1.29 is 14.3 Å². The van der Waals surface area contributed by atoms with Gasteiger partial charge >= 0.3 is 6.03 Å². The van der Waals surface area contributed by atoms with Gasteiger partial charge in [-0.1, -0.05) is 48.5 Å². The van der Waals surface area contributed by atoms with Crippen molar-refractivity contribution in [2.45, 2.75) is 32.2 Å². The molecule has 0 aromatic heterocycles. The largest absolute Gasteiger partial charge is 0.494 e. The third-order valence-electron chi connectivity index (χ3n) is 6.07. The molecule has 0 bridgehead atoms. The lowest BCUT2D eigenvalue weighted by molar-refractivity contribution is 0.0950. The van der Waals surface area contributed by atoms with E-state index in [1.54, 1.807) is 0 Å². The number of rotatable bonds is 7. The molecular weight excluding hydrogens is 426 g/mol. The van der Waals surface area contributed by atoms with Gasteiger partial charge in [0.1, 0.15) is 5.75 Å². The molecule has 176 valence electrons. The van der Waals surface area contributed by atoms with Gasteiger partial charge in [-0.25, -0.2) is 4.79 Å². The SMILES string of the molecule is CCOc1ccccc1CNC(=O)c1cccc([C@H]2CCCN(C(=O)Nc3ccccc3)C2)c1. The van der Waals surface area contributed by atoms with E-state index in [0.29, 0.717) is 25.3 Å². The Morgan fingerprint density at radius 3 is 2.62 bits per heavy atom. The third-order valence-corrected chi connectivity index (χ3v) is 6.07. The van der Waals surface area contributed by atoms with Crippen LogP contribution in [0.1, 0.15) is 47.2 Å². The smallest absolute Gasteiger partial charge is 0.321 e. The fourth-order valence-electron chi connectivity index (χ4n) is 4.32. The number of carbonyl (C=O) groups excluding carboxylic acids is 2. The third kappa shape index (κ3) is 5.95. The highest BCUT2D eigenvalue weighted by Crippen LogP contribution is 2.28. The Kier molecular flexibility index (Phi) is 7.81. The topological polar surface area (TPSA) is 70.7 Å². The van der Waals surface area contributed by atoms with Gasteiger partial charge in [-0.3, -0.25) is 4.79 Å². The van der Waals surface area contributed by atoms with Crippen molar-refractivity contribution in [1.29, 1.82) is 0 Å². The number of hydrogen-bond donors (Lipinski definition) is 2. The highest BCUT2D eigenvalue weighted by atomic mass is 16.5. The molecule has 3 aromatic carbocycles.